The predicted octanol–water partition coefficient (Wildman–Crippen LogP) is 2.97. The Morgan fingerprint density at radius 2 is 1.93 bits per heavy atom. The molecule has 0 aliphatic carbocycles. The Morgan fingerprint density at radius 1 is 1.10 bits per heavy atom. The molecule has 2 N–H and O–H groups in total. The fourth-order valence-corrected chi connectivity index (χ4v) is 3.71. The monoisotopic (exact) mass is 392 g/mol. The molecular formula is C22H28N6O. The first-order valence-corrected chi connectivity index (χ1v) is 10.2. The Kier molecular flexibility index (Phi) is 6.26. The number of benzene rings is 1. The fourth-order valence-electron chi connectivity index (χ4n) is 3.71. The first-order chi connectivity index (χ1) is 14.3. The van der Waals surface area contributed by atoms with Crippen LogP contribution in [0.15, 0.2) is 70.4 Å². The standard InChI is InChI=1S/C22H28N6O/c1-23-22(24-16-18-11-14-28(26-18)19-8-3-2-4-9-19)25-17-20(21-10-7-15-29-21)27-12-5-6-13-27/h2-4,7-11,14-15,20H,5-6,12-13,16-17H2,1H3,(H2,23,24,25). The molecule has 1 fully saturated rings. The number of aromatic nitrogens is 2. The van der Waals surface area contributed by atoms with Crippen molar-refractivity contribution in [2.75, 3.05) is 26.7 Å². The number of para-hydroxylation sites is 1. The quantitative estimate of drug-likeness (QED) is 0.478. The second-order valence-corrected chi connectivity index (χ2v) is 7.17. The Balaban J connectivity index is 1.33. The van der Waals surface area contributed by atoms with Crippen LogP contribution >= 0.6 is 0 Å². The van der Waals surface area contributed by atoms with Crippen LogP contribution < -0.4 is 10.6 Å². The van der Waals surface area contributed by atoms with Gasteiger partial charge in [-0.2, -0.15) is 5.10 Å². The van der Waals surface area contributed by atoms with Crippen molar-refractivity contribution in [1.82, 2.24) is 25.3 Å². The van der Waals surface area contributed by atoms with E-state index in [2.05, 4.69) is 31.7 Å². The van der Waals surface area contributed by atoms with Crippen LogP contribution in [0.5, 0.6) is 0 Å². The normalized spacial score (nSPS) is 16.1. The number of aliphatic imine (C=N–C) groups is 1. The molecule has 0 bridgehead atoms. The van der Waals surface area contributed by atoms with Crippen LogP contribution in [0.1, 0.15) is 30.3 Å². The summed E-state index contributed by atoms with van der Waals surface area (Å²) in [6.45, 7) is 3.56. The first-order valence-electron chi connectivity index (χ1n) is 10.2. The molecule has 0 saturated carbocycles. The molecule has 0 spiro atoms. The second-order valence-electron chi connectivity index (χ2n) is 7.17. The van der Waals surface area contributed by atoms with Gasteiger partial charge in [0.15, 0.2) is 5.96 Å². The van der Waals surface area contributed by atoms with Gasteiger partial charge in [0, 0.05) is 19.8 Å². The molecule has 4 rings (SSSR count). The van der Waals surface area contributed by atoms with Gasteiger partial charge in [-0.3, -0.25) is 9.89 Å². The Bertz CT molecular complexity index is 897. The number of hydrogen-bond donors (Lipinski definition) is 2. The van der Waals surface area contributed by atoms with E-state index in [0.29, 0.717) is 6.54 Å². The zero-order valence-corrected chi connectivity index (χ0v) is 16.8. The molecule has 1 saturated heterocycles. The highest BCUT2D eigenvalue weighted by molar-refractivity contribution is 5.79. The van der Waals surface area contributed by atoms with Gasteiger partial charge >= 0.3 is 0 Å². The maximum atomic E-state index is 5.69. The Hall–Kier alpha value is -3.06. The third-order valence-corrected chi connectivity index (χ3v) is 5.24. The van der Waals surface area contributed by atoms with Crippen LogP contribution in [-0.4, -0.2) is 47.3 Å². The number of nitrogens with one attached hydrogen (secondary N) is 2. The minimum absolute atomic E-state index is 0.211. The van der Waals surface area contributed by atoms with Crippen LogP contribution in [0.3, 0.4) is 0 Å². The number of likely N-dealkylation sites (tertiary alicyclic amines) is 1. The van der Waals surface area contributed by atoms with Gasteiger partial charge in [-0.15, -0.1) is 0 Å². The van der Waals surface area contributed by atoms with Crippen LogP contribution in [-0.2, 0) is 6.54 Å². The summed E-state index contributed by atoms with van der Waals surface area (Å²) in [6.07, 6.45) is 6.21. The molecule has 152 valence electrons. The van der Waals surface area contributed by atoms with Crippen molar-refractivity contribution >= 4 is 5.96 Å². The number of nitrogens with zero attached hydrogens (tertiary/aromatic N) is 4. The maximum absolute atomic E-state index is 5.69. The molecule has 2 aromatic heterocycles. The summed E-state index contributed by atoms with van der Waals surface area (Å²) in [4.78, 5) is 6.83. The molecule has 0 radical (unpaired) electrons. The lowest BCUT2D eigenvalue weighted by Crippen LogP contribution is -2.42. The number of rotatable bonds is 7. The van der Waals surface area contributed by atoms with Crippen molar-refractivity contribution in [3.05, 3.63) is 72.4 Å². The van der Waals surface area contributed by atoms with E-state index in [9.17, 15) is 0 Å². The van der Waals surface area contributed by atoms with Gasteiger partial charge in [-0.25, -0.2) is 4.68 Å². The van der Waals surface area contributed by atoms with Gasteiger partial charge < -0.3 is 15.1 Å². The van der Waals surface area contributed by atoms with Gasteiger partial charge in [-0.05, 0) is 56.3 Å². The molecule has 0 amide bonds. The lowest BCUT2D eigenvalue weighted by Gasteiger charge is -2.26. The predicted molar refractivity (Wildman–Crippen MR) is 114 cm³/mol. The van der Waals surface area contributed by atoms with E-state index in [1.54, 1.807) is 13.3 Å². The topological polar surface area (TPSA) is 70.6 Å². The van der Waals surface area contributed by atoms with Gasteiger partial charge in [0.2, 0.25) is 0 Å². The molecule has 3 heterocycles. The van der Waals surface area contributed by atoms with Crippen LogP contribution in [0.4, 0.5) is 0 Å². The highest BCUT2D eigenvalue weighted by Gasteiger charge is 2.25. The molecule has 1 unspecified atom stereocenters. The van der Waals surface area contributed by atoms with Crippen molar-refractivity contribution < 1.29 is 4.42 Å². The summed E-state index contributed by atoms with van der Waals surface area (Å²) >= 11 is 0. The third-order valence-electron chi connectivity index (χ3n) is 5.24. The van der Waals surface area contributed by atoms with Crippen LogP contribution in [0, 0.1) is 0 Å². The SMILES string of the molecule is CN=C(NCc1ccn(-c2ccccc2)n1)NCC(c1ccco1)N1CCCC1. The molecular weight excluding hydrogens is 364 g/mol. The molecule has 3 aromatic rings. The second kappa shape index (κ2) is 9.43. The molecule has 1 aromatic carbocycles. The minimum atomic E-state index is 0.211. The Morgan fingerprint density at radius 3 is 2.66 bits per heavy atom. The fraction of sp³-hybridized carbons (Fsp3) is 0.364. The van der Waals surface area contributed by atoms with Crippen molar-refractivity contribution in [2.24, 2.45) is 4.99 Å². The molecule has 29 heavy (non-hydrogen) atoms. The third kappa shape index (κ3) is 4.86. The van der Waals surface area contributed by atoms with Gasteiger partial charge in [0.25, 0.3) is 0 Å². The van der Waals surface area contributed by atoms with Crippen LogP contribution in [0.2, 0.25) is 0 Å². The van der Waals surface area contributed by atoms with Gasteiger partial charge in [-0.1, -0.05) is 18.2 Å². The Labute approximate surface area is 171 Å². The highest BCUT2D eigenvalue weighted by Crippen LogP contribution is 2.24. The molecule has 1 aliphatic heterocycles. The van der Waals surface area contributed by atoms with E-state index in [1.807, 2.05) is 53.3 Å². The molecule has 7 heteroatoms. The number of guanidine groups is 1. The average molecular weight is 393 g/mol. The minimum Gasteiger partial charge on any atom is -0.468 e. The summed E-state index contributed by atoms with van der Waals surface area (Å²) in [5.74, 6) is 1.76. The van der Waals surface area contributed by atoms with Crippen molar-refractivity contribution in [1.29, 1.82) is 0 Å². The maximum Gasteiger partial charge on any atom is 0.191 e. The lowest BCUT2D eigenvalue weighted by atomic mass is 10.2. The van der Waals surface area contributed by atoms with Crippen molar-refractivity contribution in [3.63, 3.8) is 0 Å². The smallest absolute Gasteiger partial charge is 0.191 e. The zero-order valence-electron chi connectivity index (χ0n) is 16.8. The molecule has 1 atom stereocenters. The number of furan rings is 1. The van der Waals surface area contributed by atoms with Crippen LogP contribution in [0.25, 0.3) is 5.69 Å². The number of hydrogen-bond acceptors (Lipinski definition) is 4. The highest BCUT2D eigenvalue weighted by atomic mass is 16.3. The first kappa shape index (κ1) is 19.3. The van der Waals surface area contributed by atoms with E-state index in [1.165, 1.54) is 12.8 Å². The summed E-state index contributed by atoms with van der Waals surface area (Å²) in [6, 6.07) is 16.3. The summed E-state index contributed by atoms with van der Waals surface area (Å²) in [5, 5.41) is 11.4. The zero-order chi connectivity index (χ0) is 19.9. The van der Waals surface area contributed by atoms with Crippen molar-refractivity contribution in [2.45, 2.75) is 25.4 Å². The average Bonchev–Trinajstić information content (AvgIpc) is 3.54. The van der Waals surface area contributed by atoms with E-state index in [4.69, 9.17) is 4.42 Å². The largest absolute Gasteiger partial charge is 0.468 e. The van der Waals surface area contributed by atoms with Gasteiger partial charge in [0.05, 0.1) is 30.2 Å². The lowest BCUT2D eigenvalue weighted by molar-refractivity contribution is 0.215. The summed E-state index contributed by atoms with van der Waals surface area (Å²) in [7, 11) is 1.79. The van der Waals surface area contributed by atoms with E-state index in [0.717, 1.165) is 42.7 Å². The van der Waals surface area contributed by atoms with E-state index >= 15 is 0 Å². The summed E-state index contributed by atoms with van der Waals surface area (Å²) < 4.78 is 7.58. The molecule has 7 nitrogen and oxygen atoms in total. The summed E-state index contributed by atoms with van der Waals surface area (Å²) in [5.41, 5.74) is 2.01. The van der Waals surface area contributed by atoms with Gasteiger partial charge in [0.1, 0.15) is 5.76 Å². The molecule has 1 aliphatic rings. The van der Waals surface area contributed by atoms with E-state index in [-0.39, 0.29) is 6.04 Å². The van der Waals surface area contributed by atoms with Crippen molar-refractivity contribution in [3.8, 4) is 5.69 Å². The van der Waals surface area contributed by atoms with E-state index < -0.39 is 0 Å².